The van der Waals surface area contributed by atoms with Crippen LogP contribution in [-0.4, -0.2) is 56.8 Å². The summed E-state index contributed by atoms with van der Waals surface area (Å²) in [5.41, 5.74) is 0. The summed E-state index contributed by atoms with van der Waals surface area (Å²) in [5, 5.41) is 12.9. The molecule has 0 aromatic rings. The molecule has 0 aromatic carbocycles. The molecule has 1 saturated heterocycles. The lowest BCUT2D eigenvalue weighted by atomic mass is 9.85. The van der Waals surface area contributed by atoms with Crippen LogP contribution < -0.4 is 21.3 Å². The summed E-state index contributed by atoms with van der Waals surface area (Å²) in [7, 11) is 3.83. The van der Waals surface area contributed by atoms with Crippen molar-refractivity contribution >= 4 is 0 Å². The van der Waals surface area contributed by atoms with Crippen LogP contribution in [0.25, 0.3) is 0 Å². The Labute approximate surface area is 135 Å². The van der Waals surface area contributed by atoms with Crippen molar-refractivity contribution in [2.24, 2.45) is 5.92 Å². The molecule has 2 rings (SSSR count). The average molecular weight is 339 g/mol. The molecule has 2 aliphatic rings. The first-order chi connectivity index (χ1) is 10.8. The van der Waals surface area contributed by atoms with E-state index >= 15 is 0 Å². The van der Waals surface area contributed by atoms with Crippen LogP contribution in [0.2, 0.25) is 0 Å². The van der Waals surface area contributed by atoms with Gasteiger partial charge in [0.05, 0.1) is 5.92 Å². The summed E-state index contributed by atoms with van der Waals surface area (Å²) in [6, 6.07) is -0.163. The third kappa shape index (κ3) is 5.54. The van der Waals surface area contributed by atoms with Gasteiger partial charge in [0.15, 0.2) is 6.35 Å². The van der Waals surface area contributed by atoms with Crippen LogP contribution in [0.5, 0.6) is 0 Å². The molecule has 5 unspecified atom stereocenters. The lowest BCUT2D eigenvalue weighted by molar-refractivity contribution is -0.184. The Kier molecular flexibility index (Phi) is 6.64. The molecule has 136 valence electrons. The Morgan fingerprint density at radius 2 is 1.91 bits per heavy atom. The van der Waals surface area contributed by atoms with Gasteiger partial charge in [-0.2, -0.15) is 13.2 Å². The Morgan fingerprint density at radius 3 is 2.52 bits per heavy atom. The molecule has 23 heavy (non-hydrogen) atoms. The van der Waals surface area contributed by atoms with Crippen molar-refractivity contribution < 1.29 is 17.9 Å². The van der Waals surface area contributed by atoms with E-state index in [1.807, 2.05) is 25.9 Å². The lowest BCUT2D eigenvalue weighted by Crippen LogP contribution is -2.75. The molecule has 1 saturated carbocycles. The summed E-state index contributed by atoms with van der Waals surface area (Å²) in [5.74, 6) is -1.21. The highest BCUT2D eigenvalue weighted by Gasteiger charge is 2.42. The minimum atomic E-state index is -4.10. The molecule has 4 N–H and O–H groups in total. The van der Waals surface area contributed by atoms with E-state index in [0.717, 1.165) is 6.42 Å². The van der Waals surface area contributed by atoms with Gasteiger partial charge in [0.25, 0.3) is 0 Å². The van der Waals surface area contributed by atoms with Gasteiger partial charge in [-0.15, -0.1) is 0 Å². The predicted octanol–water partition coefficient (Wildman–Crippen LogP) is 0.928. The number of ether oxygens (including phenoxy) is 1. The van der Waals surface area contributed by atoms with Crippen molar-refractivity contribution in [3.8, 4) is 0 Å². The molecule has 0 aromatic heterocycles. The third-order valence-electron chi connectivity index (χ3n) is 4.34. The molecule has 1 aliphatic carbocycles. The van der Waals surface area contributed by atoms with Crippen LogP contribution in [0, 0.1) is 5.92 Å². The number of nitrogens with one attached hydrogen (secondary N) is 4. The molecule has 0 radical (unpaired) electrons. The number of rotatable bonds is 5. The summed E-state index contributed by atoms with van der Waals surface area (Å²) in [6.07, 6.45) is -3.18. The van der Waals surface area contributed by atoms with E-state index in [-0.39, 0.29) is 37.8 Å². The molecule has 1 aliphatic heterocycles. The van der Waals surface area contributed by atoms with Crippen molar-refractivity contribution in [1.29, 1.82) is 0 Å². The highest BCUT2D eigenvalue weighted by atomic mass is 19.4. The van der Waals surface area contributed by atoms with Crippen LogP contribution in [-0.2, 0) is 4.74 Å². The van der Waals surface area contributed by atoms with Crippen molar-refractivity contribution in [3.05, 3.63) is 0 Å². The molecular formula is C14H28F3N5O. The van der Waals surface area contributed by atoms with Gasteiger partial charge in [0.1, 0.15) is 12.6 Å². The SMILES string of the molecule is CCOC1NC(NC2CCCC(C(F)(F)F)C2)NC(N(C)C)N1. The first kappa shape index (κ1) is 18.9. The van der Waals surface area contributed by atoms with Crippen LogP contribution >= 0.6 is 0 Å². The Morgan fingerprint density at radius 1 is 1.17 bits per heavy atom. The van der Waals surface area contributed by atoms with E-state index in [2.05, 4.69) is 21.3 Å². The fourth-order valence-corrected chi connectivity index (χ4v) is 3.13. The lowest BCUT2D eigenvalue weighted by Gasteiger charge is -2.43. The van der Waals surface area contributed by atoms with Gasteiger partial charge < -0.3 is 4.74 Å². The number of alkyl halides is 3. The first-order valence-electron chi connectivity index (χ1n) is 8.18. The molecular weight excluding hydrogens is 311 g/mol. The van der Waals surface area contributed by atoms with E-state index in [4.69, 9.17) is 4.74 Å². The van der Waals surface area contributed by atoms with Crippen LogP contribution in [0.3, 0.4) is 0 Å². The van der Waals surface area contributed by atoms with E-state index < -0.39 is 12.1 Å². The summed E-state index contributed by atoms with van der Waals surface area (Å²) < 4.78 is 44.3. The van der Waals surface area contributed by atoms with Gasteiger partial charge in [0.2, 0.25) is 0 Å². The third-order valence-corrected chi connectivity index (χ3v) is 4.34. The number of nitrogens with zero attached hydrogens (tertiary/aromatic N) is 1. The fraction of sp³-hybridized carbons (Fsp3) is 1.00. The normalized spacial score (nSPS) is 36.4. The maximum absolute atomic E-state index is 12.9. The monoisotopic (exact) mass is 339 g/mol. The van der Waals surface area contributed by atoms with Gasteiger partial charge in [0, 0.05) is 12.6 Å². The fourth-order valence-electron chi connectivity index (χ4n) is 3.13. The van der Waals surface area contributed by atoms with E-state index in [0.29, 0.717) is 13.0 Å². The molecule has 9 heteroatoms. The van der Waals surface area contributed by atoms with Gasteiger partial charge in [-0.3, -0.25) is 26.2 Å². The zero-order valence-electron chi connectivity index (χ0n) is 13.9. The summed E-state index contributed by atoms with van der Waals surface area (Å²) >= 11 is 0. The zero-order chi connectivity index (χ0) is 17.0. The summed E-state index contributed by atoms with van der Waals surface area (Å²) in [6.45, 7) is 2.44. The van der Waals surface area contributed by atoms with E-state index in [1.54, 1.807) is 0 Å². The molecule has 0 spiro atoms. The molecule has 0 amide bonds. The molecule has 0 bridgehead atoms. The van der Waals surface area contributed by atoms with Crippen molar-refractivity contribution in [3.63, 3.8) is 0 Å². The minimum Gasteiger partial charge on any atom is -0.350 e. The van der Waals surface area contributed by atoms with E-state index in [9.17, 15) is 13.2 Å². The van der Waals surface area contributed by atoms with Crippen molar-refractivity contribution in [1.82, 2.24) is 26.2 Å². The molecule has 5 atom stereocenters. The van der Waals surface area contributed by atoms with Crippen LogP contribution in [0.15, 0.2) is 0 Å². The minimum absolute atomic E-state index is 0.128. The van der Waals surface area contributed by atoms with Gasteiger partial charge in [-0.1, -0.05) is 6.42 Å². The number of hydrogen-bond acceptors (Lipinski definition) is 6. The summed E-state index contributed by atoms with van der Waals surface area (Å²) in [4.78, 5) is 1.95. The maximum Gasteiger partial charge on any atom is 0.391 e. The van der Waals surface area contributed by atoms with E-state index in [1.165, 1.54) is 0 Å². The zero-order valence-corrected chi connectivity index (χ0v) is 13.9. The number of hydrogen-bond donors (Lipinski definition) is 4. The highest BCUT2D eigenvalue weighted by Crippen LogP contribution is 2.37. The van der Waals surface area contributed by atoms with Crippen molar-refractivity contribution in [2.75, 3.05) is 20.7 Å². The van der Waals surface area contributed by atoms with Crippen molar-refractivity contribution in [2.45, 2.75) is 63.8 Å². The Bertz CT molecular complexity index is 369. The molecule has 6 nitrogen and oxygen atoms in total. The van der Waals surface area contributed by atoms with Crippen LogP contribution in [0.1, 0.15) is 32.6 Å². The largest absolute Gasteiger partial charge is 0.391 e. The maximum atomic E-state index is 12.9. The predicted molar refractivity (Wildman–Crippen MR) is 81.0 cm³/mol. The van der Waals surface area contributed by atoms with Gasteiger partial charge >= 0.3 is 6.18 Å². The van der Waals surface area contributed by atoms with Gasteiger partial charge in [-0.25, -0.2) is 0 Å². The second-order valence-corrected chi connectivity index (χ2v) is 6.40. The molecule has 2 fully saturated rings. The Balaban J connectivity index is 1.92. The number of halogens is 3. The Hall–Kier alpha value is -0.450. The average Bonchev–Trinajstić information content (AvgIpc) is 2.46. The second kappa shape index (κ2) is 8.09. The standard InChI is InChI=1S/C14H28F3N5O/c1-4-23-13-20-11(19-12(21-13)22(2)3)18-10-7-5-6-9(8-10)14(15,16)17/h9-13,18-21H,4-8H2,1-3H3. The molecule has 1 heterocycles. The topological polar surface area (TPSA) is 60.6 Å². The smallest absolute Gasteiger partial charge is 0.350 e. The second-order valence-electron chi connectivity index (χ2n) is 6.40. The highest BCUT2D eigenvalue weighted by molar-refractivity contribution is 4.85. The quantitative estimate of drug-likeness (QED) is 0.598. The van der Waals surface area contributed by atoms with Crippen LogP contribution in [0.4, 0.5) is 13.2 Å². The first-order valence-corrected chi connectivity index (χ1v) is 8.18. The van der Waals surface area contributed by atoms with Gasteiger partial charge in [-0.05, 0) is 40.3 Å².